The fourth-order valence-corrected chi connectivity index (χ4v) is 0.199. The Morgan fingerprint density at radius 3 is 2.33 bits per heavy atom. The second-order valence-electron chi connectivity index (χ2n) is 1.23. The van der Waals surface area contributed by atoms with Gasteiger partial charge in [0.1, 0.15) is 0 Å². The van der Waals surface area contributed by atoms with E-state index in [0.29, 0.717) is 0 Å². The Balaban J connectivity index is 3.88. The van der Waals surface area contributed by atoms with Crippen molar-refractivity contribution in [3.63, 3.8) is 0 Å². The summed E-state index contributed by atoms with van der Waals surface area (Å²) in [6, 6.07) is 0. The van der Waals surface area contributed by atoms with Gasteiger partial charge in [-0.25, -0.2) is 14.9 Å². The molecule has 0 saturated carbocycles. The van der Waals surface area contributed by atoms with Crippen LogP contribution in [-0.4, -0.2) is 30.3 Å². The molecule has 9 heavy (non-hydrogen) atoms. The third-order valence-electron chi connectivity index (χ3n) is 0.684. The number of ether oxygens (including phenoxy) is 1. The summed E-state index contributed by atoms with van der Waals surface area (Å²) in [5, 5.41) is 9.11. The number of carbonyl (C=O) groups is 1. The minimum absolute atomic E-state index is 0.250. The minimum atomic E-state index is -0.986. The van der Waals surface area contributed by atoms with Crippen molar-refractivity contribution in [2.45, 2.75) is 0 Å². The minimum Gasteiger partial charge on any atom is -0.449 e. The molecule has 1 amide bonds. The fourth-order valence-electron chi connectivity index (χ4n) is 0.199. The van der Waals surface area contributed by atoms with Crippen molar-refractivity contribution in [1.82, 2.24) is 5.01 Å². The van der Waals surface area contributed by atoms with Crippen molar-refractivity contribution >= 4 is 6.09 Å². The quantitative estimate of drug-likeness (QED) is 0.370. The first-order valence-corrected chi connectivity index (χ1v) is 2.05. The second kappa shape index (κ2) is 2.85. The Labute approximate surface area is 51.1 Å². The molecule has 0 fully saturated rings. The Morgan fingerprint density at radius 2 is 2.22 bits per heavy atom. The highest BCUT2D eigenvalue weighted by molar-refractivity contribution is 5.65. The van der Waals surface area contributed by atoms with E-state index in [-0.39, 0.29) is 5.01 Å². The SMILES string of the molecule is COC(=O)N(C)[N+](=O)[O-]. The molecule has 0 aromatic carbocycles. The van der Waals surface area contributed by atoms with Crippen LogP contribution < -0.4 is 0 Å². The molecule has 0 aromatic rings. The molecule has 0 heterocycles. The highest BCUT2D eigenvalue weighted by Crippen LogP contribution is 1.85. The molecule has 0 saturated heterocycles. The topological polar surface area (TPSA) is 72.7 Å². The first-order chi connectivity index (χ1) is 4.09. The van der Waals surface area contributed by atoms with E-state index in [9.17, 15) is 14.9 Å². The maximum Gasteiger partial charge on any atom is 0.467 e. The summed E-state index contributed by atoms with van der Waals surface area (Å²) in [5.41, 5.74) is 0. The van der Waals surface area contributed by atoms with Crippen LogP contribution in [0.2, 0.25) is 0 Å². The smallest absolute Gasteiger partial charge is 0.449 e. The Kier molecular flexibility index (Phi) is 2.43. The summed E-state index contributed by atoms with van der Waals surface area (Å²) in [4.78, 5) is 19.9. The number of carbonyl (C=O) groups excluding carboxylic acids is 1. The lowest BCUT2D eigenvalue weighted by atomic mass is 11.0. The van der Waals surface area contributed by atoms with Gasteiger partial charge >= 0.3 is 6.09 Å². The molecule has 0 unspecified atom stereocenters. The Morgan fingerprint density at radius 1 is 1.78 bits per heavy atom. The number of hydrazine groups is 1. The molecule has 0 aromatic heterocycles. The van der Waals surface area contributed by atoms with Gasteiger partial charge in [-0.3, -0.25) is 0 Å². The number of hydrogen-bond donors (Lipinski definition) is 0. The van der Waals surface area contributed by atoms with Gasteiger partial charge < -0.3 is 4.74 Å². The Hall–Kier alpha value is -1.33. The molecule has 0 aliphatic rings. The lowest BCUT2D eigenvalue weighted by Crippen LogP contribution is -2.31. The van der Waals surface area contributed by atoms with Crippen LogP contribution in [0.1, 0.15) is 0 Å². The third kappa shape index (κ3) is 1.94. The van der Waals surface area contributed by atoms with Crippen molar-refractivity contribution in [3.8, 4) is 0 Å². The summed E-state index contributed by atoms with van der Waals surface area (Å²) in [5.74, 6) is 0. The lowest BCUT2D eigenvalue weighted by molar-refractivity contribution is -0.628. The van der Waals surface area contributed by atoms with E-state index in [2.05, 4.69) is 4.74 Å². The molecule has 0 radical (unpaired) electrons. The van der Waals surface area contributed by atoms with Gasteiger partial charge in [-0.2, -0.15) is 0 Å². The molecule has 52 valence electrons. The number of nitrogens with zero attached hydrogens (tertiary/aromatic N) is 2. The first kappa shape index (κ1) is 7.67. The number of rotatable bonds is 1. The summed E-state index contributed by atoms with van der Waals surface area (Å²) >= 11 is 0. The zero-order chi connectivity index (χ0) is 7.44. The van der Waals surface area contributed by atoms with Crippen molar-refractivity contribution in [3.05, 3.63) is 10.1 Å². The van der Waals surface area contributed by atoms with E-state index in [0.717, 1.165) is 14.2 Å². The molecule has 0 atom stereocenters. The van der Waals surface area contributed by atoms with E-state index in [4.69, 9.17) is 0 Å². The molecular weight excluding hydrogens is 128 g/mol. The summed E-state index contributed by atoms with van der Waals surface area (Å²) in [7, 11) is 2.08. The predicted octanol–water partition coefficient (Wildman–Crippen LogP) is -0.124. The normalized spacial score (nSPS) is 8.22. The van der Waals surface area contributed by atoms with Crippen LogP contribution in [0, 0.1) is 10.1 Å². The van der Waals surface area contributed by atoms with E-state index >= 15 is 0 Å². The highest BCUT2D eigenvalue weighted by atomic mass is 16.7. The molecule has 6 nitrogen and oxygen atoms in total. The Bertz CT molecular complexity index is 134. The van der Waals surface area contributed by atoms with Crippen LogP contribution >= 0.6 is 0 Å². The number of amides is 1. The van der Waals surface area contributed by atoms with Gasteiger partial charge in [-0.15, -0.1) is 0 Å². The maximum absolute atomic E-state index is 10.2. The lowest BCUT2D eigenvalue weighted by Gasteiger charge is -2.02. The molecule has 0 bridgehead atoms. The predicted molar refractivity (Wildman–Crippen MR) is 27.2 cm³/mol. The maximum atomic E-state index is 10.2. The summed E-state index contributed by atoms with van der Waals surface area (Å²) < 4.78 is 4.02. The van der Waals surface area contributed by atoms with Crippen LogP contribution in [0.3, 0.4) is 0 Å². The van der Waals surface area contributed by atoms with Crippen LogP contribution in [0.15, 0.2) is 0 Å². The molecule has 0 spiro atoms. The van der Waals surface area contributed by atoms with E-state index in [1.165, 1.54) is 0 Å². The largest absolute Gasteiger partial charge is 0.467 e. The van der Waals surface area contributed by atoms with Crippen LogP contribution in [-0.2, 0) is 4.74 Å². The first-order valence-electron chi connectivity index (χ1n) is 2.05. The number of methoxy groups -OCH3 is 1. The zero-order valence-corrected chi connectivity index (χ0v) is 5.03. The van der Waals surface area contributed by atoms with Crippen molar-refractivity contribution < 1.29 is 14.6 Å². The second-order valence-corrected chi connectivity index (χ2v) is 1.23. The number of hydrogen-bond acceptors (Lipinski definition) is 4. The van der Waals surface area contributed by atoms with Gasteiger partial charge in [-0.05, 0) is 5.01 Å². The van der Waals surface area contributed by atoms with Crippen LogP contribution in [0.5, 0.6) is 0 Å². The fraction of sp³-hybridized carbons (Fsp3) is 0.667. The van der Waals surface area contributed by atoms with Gasteiger partial charge in [0.25, 0.3) is 0 Å². The van der Waals surface area contributed by atoms with Crippen molar-refractivity contribution in [2.75, 3.05) is 14.2 Å². The average Bonchev–Trinajstić information content (AvgIpc) is 1.84. The van der Waals surface area contributed by atoms with Crippen LogP contribution in [0.4, 0.5) is 4.79 Å². The molecule has 6 heteroatoms. The average molecular weight is 134 g/mol. The monoisotopic (exact) mass is 134 g/mol. The highest BCUT2D eigenvalue weighted by Gasteiger charge is 2.17. The molecule has 0 aliphatic carbocycles. The van der Waals surface area contributed by atoms with Gasteiger partial charge in [0.15, 0.2) is 5.03 Å². The standard InChI is InChI=1S/C3H6N2O4/c1-4(5(7)8)3(6)9-2/h1-2H3. The van der Waals surface area contributed by atoms with Crippen LogP contribution in [0.25, 0.3) is 0 Å². The van der Waals surface area contributed by atoms with Crippen molar-refractivity contribution in [1.29, 1.82) is 0 Å². The molecule has 0 rings (SSSR count). The molecule has 0 N–H and O–H groups in total. The number of nitro groups is 1. The van der Waals surface area contributed by atoms with E-state index in [1.807, 2.05) is 0 Å². The van der Waals surface area contributed by atoms with Crippen molar-refractivity contribution in [2.24, 2.45) is 0 Å². The zero-order valence-electron chi connectivity index (χ0n) is 5.03. The molecule has 0 aliphatic heterocycles. The van der Waals surface area contributed by atoms with Gasteiger partial charge in [0.05, 0.1) is 14.2 Å². The van der Waals surface area contributed by atoms with Gasteiger partial charge in [-0.1, -0.05) is 0 Å². The third-order valence-corrected chi connectivity index (χ3v) is 0.684. The van der Waals surface area contributed by atoms with E-state index in [1.54, 1.807) is 0 Å². The van der Waals surface area contributed by atoms with Gasteiger partial charge in [0, 0.05) is 0 Å². The summed E-state index contributed by atoms with van der Waals surface area (Å²) in [6.07, 6.45) is -0.986. The molecular formula is C3H6N2O4. The summed E-state index contributed by atoms with van der Waals surface area (Å²) in [6.45, 7) is 0. The van der Waals surface area contributed by atoms with Gasteiger partial charge in [0.2, 0.25) is 0 Å². The van der Waals surface area contributed by atoms with E-state index < -0.39 is 11.1 Å².